The molecular weight excluding hydrogens is 156 g/mol. The van der Waals surface area contributed by atoms with Crippen LogP contribution in [-0.2, 0) is 0 Å². The topological polar surface area (TPSA) is 0 Å². The molecule has 2 rings (SSSR count). The first kappa shape index (κ1) is 7.91. The second kappa shape index (κ2) is 2.65. The zero-order chi connectivity index (χ0) is 7.90. The Morgan fingerprint density at radius 1 is 1.36 bits per heavy atom. The molecule has 2 fully saturated rings. The van der Waals surface area contributed by atoms with E-state index in [1.807, 2.05) is 0 Å². The van der Waals surface area contributed by atoms with E-state index in [4.69, 9.17) is 11.6 Å². The van der Waals surface area contributed by atoms with Gasteiger partial charge < -0.3 is 0 Å². The maximum Gasteiger partial charge on any atom is 0.0280 e. The third-order valence-corrected chi connectivity index (χ3v) is 4.09. The summed E-state index contributed by atoms with van der Waals surface area (Å²) in [5.74, 6) is 3.08. The van der Waals surface area contributed by atoms with Crippen molar-refractivity contribution in [3.63, 3.8) is 0 Å². The molecule has 1 heteroatoms. The quantitative estimate of drug-likeness (QED) is 0.573. The molecule has 0 saturated heterocycles. The Bertz CT molecular complexity index is 143. The zero-order valence-corrected chi connectivity index (χ0v) is 8.03. The summed E-state index contributed by atoms with van der Waals surface area (Å²) in [6, 6.07) is 0. The molecule has 0 amide bonds. The van der Waals surface area contributed by atoms with Gasteiger partial charge in [-0.3, -0.25) is 0 Å². The molecule has 2 atom stereocenters. The smallest absolute Gasteiger partial charge is 0.0280 e. The van der Waals surface area contributed by atoms with Crippen molar-refractivity contribution in [1.82, 2.24) is 0 Å². The summed E-state index contributed by atoms with van der Waals surface area (Å²) < 4.78 is 0. The average Bonchev–Trinajstić information content (AvgIpc) is 2.61. The van der Waals surface area contributed by atoms with Crippen LogP contribution in [0.1, 0.15) is 39.0 Å². The van der Waals surface area contributed by atoms with Crippen molar-refractivity contribution in [2.24, 2.45) is 17.3 Å². The van der Waals surface area contributed by atoms with Gasteiger partial charge in [-0.05, 0) is 42.9 Å². The van der Waals surface area contributed by atoms with Gasteiger partial charge in [0.1, 0.15) is 0 Å². The summed E-state index contributed by atoms with van der Waals surface area (Å²) in [5, 5.41) is 0. The second-order valence-corrected chi connectivity index (χ2v) is 4.82. The molecule has 0 nitrogen and oxygen atoms in total. The molecule has 0 bridgehead atoms. The van der Waals surface area contributed by atoms with Gasteiger partial charge in [-0.25, -0.2) is 0 Å². The first-order valence-corrected chi connectivity index (χ1v) is 5.39. The highest BCUT2D eigenvalue weighted by Gasteiger charge is 2.52. The molecule has 0 aromatic heterocycles. The van der Waals surface area contributed by atoms with Gasteiger partial charge in [0.15, 0.2) is 0 Å². The minimum Gasteiger partial charge on any atom is -0.126 e. The van der Waals surface area contributed by atoms with Gasteiger partial charge in [0, 0.05) is 5.88 Å². The van der Waals surface area contributed by atoms with Crippen LogP contribution in [0.15, 0.2) is 0 Å². The summed E-state index contributed by atoms with van der Waals surface area (Å²) in [7, 11) is 0. The van der Waals surface area contributed by atoms with E-state index in [2.05, 4.69) is 6.92 Å². The number of halogens is 1. The molecule has 11 heavy (non-hydrogen) atoms. The number of hydrogen-bond acceptors (Lipinski definition) is 0. The van der Waals surface area contributed by atoms with E-state index in [0.717, 1.165) is 17.7 Å². The van der Waals surface area contributed by atoms with Crippen molar-refractivity contribution in [2.75, 3.05) is 5.88 Å². The van der Waals surface area contributed by atoms with Crippen molar-refractivity contribution >= 4 is 11.6 Å². The minimum absolute atomic E-state index is 0.573. The molecule has 0 spiro atoms. The maximum absolute atomic E-state index is 6.03. The van der Waals surface area contributed by atoms with E-state index in [0.29, 0.717) is 5.41 Å². The maximum atomic E-state index is 6.03. The lowest BCUT2D eigenvalue weighted by molar-refractivity contribution is 0.277. The molecule has 2 aliphatic carbocycles. The van der Waals surface area contributed by atoms with Crippen molar-refractivity contribution in [2.45, 2.75) is 39.0 Å². The van der Waals surface area contributed by atoms with Gasteiger partial charge in [0.05, 0.1) is 0 Å². The van der Waals surface area contributed by atoms with E-state index in [-0.39, 0.29) is 0 Å². The summed E-state index contributed by atoms with van der Waals surface area (Å²) >= 11 is 6.03. The largest absolute Gasteiger partial charge is 0.126 e. The van der Waals surface area contributed by atoms with Crippen LogP contribution in [0.25, 0.3) is 0 Å². The normalized spacial score (nSPS) is 47.5. The highest BCUT2D eigenvalue weighted by Crippen LogP contribution is 2.61. The predicted molar refractivity (Wildman–Crippen MR) is 48.9 cm³/mol. The van der Waals surface area contributed by atoms with Crippen molar-refractivity contribution in [3.8, 4) is 0 Å². The summed E-state index contributed by atoms with van der Waals surface area (Å²) in [5.41, 5.74) is 0.573. The molecule has 0 aliphatic heterocycles. The van der Waals surface area contributed by atoms with Crippen molar-refractivity contribution in [1.29, 1.82) is 0 Å². The van der Waals surface area contributed by atoms with Crippen LogP contribution >= 0.6 is 11.6 Å². The van der Waals surface area contributed by atoms with E-state index in [1.54, 1.807) is 0 Å². The van der Waals surface area contributed by atoms with Gasteiger partial charge in [0.2, 0.25) is 0 Å². The Kier molecular flexibility index (Phi) is 1.91. The Morgan fingerprint density at radius 3 is 2.45 bits per heavy atom. The van der Waals surface area contributed by atoms with Crippen LogP contribution in [-0.4, -0.2) is 5.88 Å². The van der Waals surface area contributed by atoms with Gasteiger partial charge in [-0.2, -0.15) is 0 Å². The molecule has 0 N–H and O–H groups in total. The average molecular weight is 173 g/mol. The van der Waals surface area contributed by atoms with E-state index < -0.39 is 0 Å². The molecule has 64 valence electrons. The summed E-state index contributed by atoms with van der Waals surface area (Å²) in [6.45, 7) is 2.28. The summed E-state index contributed by atoms with van der Waals surface area (Å²) in [6.07, 6.45) is 7.07. The van der Waals surface area contributed by atoms with Gasteiger partial charge in [-0.1, -0.05) is 13.3 Å². The minimum atomic E-state index is 0.573. The van der Waals surface area contributed by atoms with Crippen LogP contribution in [0.5, 0.6) is 0 Å². The van der Waals surface area contributed by atoms with Gasteiger partial charge >= 0.3 is 0 Å². The van der Waals surface area contributed by atoms with Crippen LogP contribution < -0.4 is 0 Å². The molecule has 2 saturated carbocycles. The molecule has 2 aliphatic rings. The van der Waals surface area contributed by atoms with E-state index >= 15 is 0 Å². The first-order chi connectivity index (χ1) is 5.29. The highest BCUT2D eigenvalue weighted by molar-refractivity contribution is 6.18. The Morgan fingerprint density at radius 2 is 2.00 bits per heavy atom. The molecule has 0 aromatic rings. The van der Waals surface area contributed by atoms with Gasteiger partial charge in [-0.15, -0.1) is 11.6 Å². The van der Waals surface area contributed by atoms with Crippen molar-refractivity contribution < 1.29 is 0 Å². The zero-order valence-electron chi connectivity index (χ0n) is 7.28. The molecule has 2 unspecified atom stereocenters. The number of fused-ring (bicyclic) bond motifs is 1. The fourth-order valence-electron chi connectivity index (χ4n) is 2.92. The second-order valence-electron chi connectivity index (χ2n) is 4.55. The Balaban J connectivity index is 1.96. The van der Waals surface area contributed by atoms with E-state index in [9.17, 15) is 0 Å². The third kappa shape index (κ3) is 1.30. The first-order valence-electron chi connectivity index (χ1n) is 4.85. The molecular formula is C10H17Cl. The fraction of sp³-hybridized carbons (Fsp3) is 1.00. The standard InChI is InChI=1S/C10H17Cl/c1-2-3-10(7-11)5-8-4-9(8)6-10/h8-9H,2-7H2,1H3. The van der Waals surface area contributed by atoms with Crippen LogP contribution in [0.3, 0.4) is 0 Å². The monoisotopic (exact) mass is 172 g/mol. The van der Waals surface area contributed by atoms with Gasteiger partial charge in [0.25, 0.3) is 0 Å². The van der Waals surface area contributed by atoms with Crippen LogP contribution in [0.2, 0.25) is 0 Å². The molecule has 0 aromatic carbocycles. The van der Waals surface area contributed by atoms with Crippen molar-refractivity contribution in [3.05, 3.63) is 0 Å². The van der Waals surface area contributed by atoms with Crippen LogP contribution in [0, 0.1) is 17.3 Å². The SMILES string of the molecule is CCCC1(CCl)CC2CC2C1. The fourth-order valence-corrected chi connectivity index (χ4v) is 3.27. The Hall–Kier alpha value is 0.290. The lowest BCUT2D eigenvalue weighted by atomic mass is 9.81. The number of alkyl halides is 1. The number of rotatable bonds is 3. The molecule has 0 heterocycles. The van der Waals surface area contributed by atoms with E-state index in [1.165, 1.54) is 32.1 Å². The highest BCUT2D eigenvalue weighted by atomic mass is 35.5. The van der Waals surface area contributed by atoms with Crippen LogP contribution in [0.4, 0.5) is 0 Å². The summed E-state index contributed by atoms with van der Waals surface area (Å²) in [4.78, 5) is 0. The Labute approximate surface area is 74.3 Å². The molecule has 0 radical (unpaired) electrons. The number of hydrogen-bond donors (Lipinski definition) is 0. The third-order valence-electron chi connectivity index (χ3n) is 3.52. The lowest BCUT2D eigenvalue weighted by Crippen LogP contribution is -2.20. The lowest BCUT2D eigenvalue weighted by Gasteiger charge is -2.27. The predicted octanol–water partition coefficient (Wildman–Crippen LogP) is 3.44.